The molecule has 0 atom stereocenters. The van der Waals surface area contributed by atoms with Gasteiger partial charge in [0.2, 0.25) is 0 Å². The molecule has 3 N–H and O–H groups in total. The summed E-state index contributed by atoms with van der Waals surface area (Å²) in [5.41, 5.74) is 4.24. The molecule has 0 saturated carbocycles. The maximum Gasteiger partial charge on any atom is 0.0959 e. The van der Waals surface area contributed by atoms with Crippen LogP contribution in [0, 0.1) is 6.92 Å². The van der Waals surface area contributed by atoms with Gasteiger partial charge in [-0.25, -0.2) is 0 Å². The first-order valence-electron chi connectivity index (χ1n) is 7.75. The number of aliphatic hydroxyl groups is 1. The molecule has 5 nitrogen and oxygen atoms in total. The van der Waals surface area contributed by atoms with Gasteiger partial charge in [-0.1, -0.05) is 0 Å². The van der Waals surface area contributed by atoms with E-state index in [4.69, 9.17) is 0 Å². The van der Waals surface area contributed by atoms with Crippen LogP contribution in [0.3, 0.4) is 0 Å². The second-order valence-corrected chi connectivity index (χ2v) is 6.76. The predicted molar refractivity (Wildman–Crippen MR) is 89.9 cm³/mol. The highest BCUT2D eigenvalue weighted by molar-refractivity contribution is 5.75. The average molecular weight is 302 g/mol. The molecule has 0 aliphatic carbocycles. The van der Waals surface area contributed by atoms with E-state index in [0.29, 0.717) is 12.5 Å². The van der Waals surface area contributed by atoms with Crippen molar-refractivity contribution in [2.75, 3.05) is 5.32 Å². The lowest BCUT2D eigenvalue weighted by Gasteiger charge is -2.15. The Labute approximate surface area is 132 Å². The summed E-state index contributed by atoms with van der Waals surface area (Å²) in [5, 5.41) is 20.7. The van der Waals surface area contributed by atoms with Crippen LogP contribution in [0.5, 0.6) is 0 Å². The van der Waals surface area contributed by atoms with Gasteiger partial charge in [-0.15, -0.1) is 0 Å². The van der Waals surface area contributed by atoms with E-state index < -0.39 is 5.60 Å². The monoisotopic (exact) mass is 302 g/mol. The van der Waals surface area contributed by atoms with Crippen molar-refractivity contribution in [2.24, 2.45) is 0 Å². The number of anilines is 1. The summed E-state index contributed by atoms with van der Waals surface area (Å²) in [4.78, 5) is 4.38. The maximum absolute atomic E-state index is 9.82. The smallest absolute Gasteiger partial charge is 0.0959 e. The number of hydrogen-bond donors (Lipinski definition) is 3. The van der Waals surface area contributed by atoms with Crippen molar-refractivity contribution in [3.63, 3.8) is 0 Å². The van der Waals surface area contributed by atoms with E-state index >= 15 is 0 Å². The van der Waals surface area contributed by atoms with Gasteiger partial charge < -0.3 is 10.4 Å². The highest BCUT2D eigenvalue weighted by Gasteiger charge is 2.15. The molecule has 0 radical (unpaired) electrons. The third-order valence-corrected chi connectivity index (χ3v) is 3.40. The van der Waals surface area contributed by atoms with E-state index in [1.165, 1.54) is 0 Å². The van der Waals surface area contributed by atoms with Gasteiger partial charge in [-0.2, -0.15) is 5.10 Å². The number of aryl methyl sites for hydroxylation is 2. The Balaban J connectivity index is 2.23. The first-order valence-corrected chi connectivity index (χ1v) is 7.75. The number of aromatic amines is 1. The highest BCUT2D eigenvalue weighted by Crippen LogP contribution is 2.28. The van der Waals surface area contributed by atoms with Gasteiger partial charge in [0, 0.05) is 34.9 Å². The van der Waals surface area contributed by atoms with Gasteiger partial charge in [0.1, 0.15) is 0 Å². The molecule has 2 rings (SSSR count). The number of pyridine rings is 1. The Kier molecular flexibility index (Phi) is 4.86. The standard InChI is InChI=1S/C17H26N4O/c1-11(2)19-15-8-12(3)18-10-14(15)16-9-13(20-21-16)6-7-17(4,5)22/h8-11,22H,6-7H2,1-5H3,(H,18,19)(H,20,21). The van der Waals surface area contributed by atoms with Crippen molar-refractivity contribution in [2.45, 2.75) is 59.1 Å². The van der Waals surface area contributed by atoms with E-state index in [-0.39, 0.29) is 0 Å². The van der Waals surface area contributed by atoms with Crippen LogP contribution in [-0.2, 0) is 6.42 Å². The normalized spacial score (nSPS) is 12.0. The Morgan fingerprint density at radius 2 is 2.05 bits per heavy atom. The van der Waals surface area contributed by atoms with Gasteiger partial charge in [-0.3, -0.25) is 10.1 Å². The Hall–Kier alpha value is -1.88. The Morgan fingerprint density at radius 3 is 2.68 bits per heavy atom. The van der Waals surface area contributed by atoms with Crippen LogP contribution in [0.2, 0.25) is 0 Å². The molecular formula is C17H26N4O. The molecule has 0 aromatic carbocycles. The van der Waals surface area contributed by atoms with Gasteiger partial charge in [0.05, 0.1) is 11.3 Å². The molecule has 0 fully saturated rings. The SMILES string of the molecule is Cc1cc(NC(C)C)c(-c2cc(CCC(C)(C)O)[nH]n2)cn1. The first kappa shape index (κ1) is 16.5. The molecular weight excluding hydrogens is 276 g/mol. The van der Waals surface area contributed by atoms with Crippen molar-refractivity contribution in [3.8, 4) is 11.3 Å². The molecule has 0 spiro atoms. The molecule has 0 aliphatic heterocycles. The lowest BCUT2D eigenvalue weighted by atomic mass is 10.0. The van der Waals surface area contributed by atoms with Crippen molar-refractivity contribution < 1.29 is 5.11 Å². The van der Waals surface area contributed by atoms with Crippen molar-refractivity contribution in [1.82, 2.24) is 15.2 Å². The summed E-state index contributed by atoms with van der Waals surface area (Å²) in [6, 6.07) is 4.42. The molecule has 0 bridgehead atoms. The fraction of sp³-hybridized carbons (Fsp3) is 0.529. The summed E-state index contributed by atoms with van der Waals surface area (Å²) < 4.78 is 0. The molecule has 120 valence electrons. The summed E-state index contributed by atoms with van der Waals surface area (Å²) >= 11 is 0. The van der Waals surface area contributed by atoms with E-state index in [0.717, 1.165) is 34.8 Å². The number of nitrogens with zero attached hydrogens (tertiary/aromatic N) is 2. The topological polar surface area (TPSA) is 73.8 Å². The fourth-order valence-corrected chi connectivity index (χ4v) is 2.26. The van der Waals surface area contributed by atoms with Crippen molar-refractivity contribution in [3.05, 3.63) is 29.7 Å². The summed E-state index contributed by atoms with van der Waals surface area (Å²) in [5.74, 6) is 0. The van der Waals surface area contributed by atoms with Gasteiger partial charge in [0.25, 0.3) is 0 Å². The molecule has 2 aromatic heterocycles. The van der Waals surface area contributed by atoms with E-state index in [2.05, 4.69) is 34.3 Å². The van der Waals surface area contributed by atoms with Crippen LogP contribution >= 0.6 is 0 Å². The molecule has 22 heavy (non-hydrogen) atoms. The molecule has 0 aliphatic rings. The van der Waals surface area contributed by atoms with E-state index in [1.807, 2.05) is 39.1 Å². The van der Waals surface area contributed by atoms with Crippen LogP contribution < -0.4 is 5.32 Å². The number of nitrogens with one attached hydrogen (secondary N) is 2. The number of H-pyrrole nitrogens is 1. The second-order valence-electron chi connectivity index (χ2n) is 6.76. The Bertz CT molecular complexity index is 626. The quantitative estimate of drug-likeness (QED) is 0.765. The summed E-state index contributed by atoms with van der Waals surface area (Å²) in [6.45, 7) is 9.84. The third-order valence-electron chi connectivity index (χ3n) is 3.40. The summed E-state index contributed by atoms with van der Waals surface area (Å²) in [6.07, 6.45) is 3.32. The van der Waals surface area contributed by atoms with Crippen molar-refractivity contribution >= 4 is 5.69 Å². The largest absolute Gasteiger partial charge is 0.390 e. The van der Waals surface area contributed by atoms with Gasteiger partial charge >= 0.3 is 0 Å². The molecule has 0 unspecified atom stereocenters. The average Bonchev–Trinajstić information content (AvgIpc) is 2.83. The van der Waals surface area contributed by atoms with Crippen LogP contribution in [0.1, 0.15) is 45.5 Å². The highest BCUT2D eigenvalue weighted by atomic mass is 16.3. The number of aromatic nitrogens is 3. The Morgan fingerprint density at radius 1 is 1.32 bits per heavy atom. The lowest BCUT2D eigenvalue weighted by molar-refractivity contribution is 0.0711. The number of hydrogen-bond acceptors (Lipinski definition) is 4. The minimum Gasteiger partial charge on any atom is -0.390 e. The first-order chi connectivity index (χ1) is 10.2. The molecule has 0 amide bonds. The van der Waals surface area contributed by atoms with E-state index in [9.17, 15) is 5.11 Å². The third kappa shape index (κ3) is 4.56. The zero-order valence-electron chi connectivity index (χ0n) is 14.1. The van der Waals surface area contributed by atoms with Crippen LogP contribution in [0.15, 0.2) is 18.3 Å². The van der Waals surface area contributed by atoms with Gasteiger partial charge in [-0.05, 0) is 59.6 Å². The minimum absolute atomic E-state index is 0.342. The minimum atomic E-state index is -0.666. The zero-order chi connectivity index (χ0) is 16.3. The predicted octanol–water partition coefficient (Wildman–Crippen LogP) is 3.30. The van der Waals surface area contributed by atoms with E-state index in [1.54, 1.807) is 0 Å². The maximum atomic E-state index is 9.82. The van der Waals surface area contributed by atoms with Crippen LogP contribution in [0.4, 0.5) is 5.69 Å². The fourth-order valence-electron chi connectivity index (χ4n) is 2.26. The van der Waals surface area contributed by atoms with Crippen LogP contribution in [0.25, 0.3) is 11.3 Å². The van der Waals surface area contributed by atoms with Gasteiger partial charge in [0.15, 0.2) is 0 Å². The van der Waals surface area contributed by atoms with Crippen LogP contribution in [-0.4, -0.2) is 31.9 Å². The van der Waals surface area contributed by atoms with Crippen molar-refractivity contribution in [1.29, 1.82) is 0 Å². The summed E-state index contributed by atoms with van der Waals surface area (Å²) in [7, 11) is 0. The lowest BCUT2D eigenvalue weighted by Crippen LogP contribution is -2.19. The number of rotatable bonds is 6. The molecule has 5 heteroatoms. The molecule has 2 heterocycles. The second kappa shape index (κ2) is 6.48. The molecule has 2 aromatic rings. The zero-order valence-corrected chi connectivity index (χ0v) is 14.1. The molecule has 0 saturated heterocycles.